The minimum absolute atomic E-state index is 0.0422. The number of Topliss-reactive ketones (excluding diaryl/α,β-unsaturated/α-hetero) is 1. The number of nitrogen functional groups attached to an aromatic ring is 1. The molecule has 170 valence electrons. The summed E-state index contributed by atoms with van der Waals surface area (Å²) in [4.78, 5) is 16.4. The number of rotatable bonds is 9. The summed E-state index contributed by atoms with van der Waals surface area (Å²) in [6.07, 6.45) is 3.00. The zero-order valence-corrected chi connectivity index (χ0v) is 20.1. The van der Waals surface area contributed by atoms with E-state index in [9.17, 15) is 9.36 Å². The van der Waals surface area contributed by atoms with Crippen LogP contribution in [0.4, 0.5) is 17.2 Å². The van der Waals surface area contributed by atoms with Gasteiger partial charge in [0.2, 0.25) is 0 Å². The molecular weight excluding hydrogens is 425 g/mol. The Kier molecular flexibility index (Phi) is 7.04. The number of para-hydroxylation sites is 1. The van der Waals surface area contributed by atoms with E-state index >= 15 is 0 Å². The molecule has 3 N–H and O–H groups in total. The van der Waals surface area contributed by atoms with Crippen molar-refractivity contribution in [2.24, 2.45) is 7.05 Å². The van der Waals surface area contributed by atoms with Gasteiger partial charge in [0.05, 0.1) is 35.2 Å². The number of hydrogen-bond donors (Lipinski definition) is 2. The molecule has 0 unspecified atom stereocenters. The summed E-state index contributed by atoms with van der Waals surface area (Å²) in [5, 5.41) is 7.90. The summed E-state index contributed by atoms with van der Waals surface area (Å²) < 4.78 is 20.7. The summed E-state index contributed by atoms with van der Waals surface area (Å²) >= 11 is 0. The first-order valence-corrected chi connectivity index (χ1v) is 12.7. The molecule has 3 rings (SSSR count). The summed E-state index contributed by atoms with van der Waals surface area (Å²) in [5.41, 5.74) is 9.71. The molecule has 3 aromatic rings. The van der Waals surface area contributed by atoms with Gasteiger partial charge in [-0.2, -0.15) is 5.10 Å². The Balaban J connectivity index is 2.09. The summed E-state index contributed by atoms with van der Waals surface area (Å²) in [6, 6.07) is 9.14. The SMILES string of the molecule is CCC(=O)c1cnc(N)cc1Nc1cccc(-c2cc(P(=O)(CC)CC)n(C)n2)c1OC. The number of pyridine rings is 1. The van der Waals surface area contributed by atoms with E-state index < -0.39 is 7.14 Å². The number of hydrogen-bond acceptors (Lipinski definition) is 7. The summed E-state index contributed by atoms with van der Waals surface area (Å²) in [5.74, 6) is 0.823. The standard InChI is InChI=1S/C23H30N5O3P/c1-6-20(29)16-14-25-21(24)12-18(16)26-17-11-9-10-15(23(17)31-5)19-13-22(28(4)27-19)32(30,7-2)8-3/h9-14H,6-8H2,1-5H3,(H3,24,25,26). The third kappa shape index (κ3) is 4.41. The molecule has 1 aromatic carbocycles. The fourth-order valence-corrected chi connectivity index (χ4v) is 5.73. The third-order valence-electron chi connectivity index (χ3n) is 5.61. The minimum atomic E-state index is -2.50. The molecule has 0 saturated carbocycles. The number of carbonyl (C=O) groups is 1. The molecule has 0 amide bonds. The molecule has 32 heavy (non-hydrogen) atoms. The van der Waals surface area contributed by atoms with Crippen molar-refractivity contribution >= 4 is 35.6 Å². The lowest BCUT2D eigenvalue weighted by atomic mass is 10.1. The fraction of sp³-hybridized carbons (Fsp3) is 0.348. The molecule has 2 aromatic heterocycles. The van der Waals surface area contributed by atoms with Crippen LogP contribution < -0.4 is 21.2 Å². The van der Waals surface area contributed by atoms with Gasteiger partial charge in [-0.15, -0.1) is 0 Å². The van der Waals surface area contributed by atoms with E-state index in [1.165, 1.54) is 6.20 Å². The maximum Gasteiger partial charge on any atom is 0.166 e. The number of benzene rings is 1. The van der Waals surface area contributed by atoms with Crippen molar-refractivity contribution in [1.29, 1.82) is 0 Å². The van der Waals surface area contributed by atoms with Crippen LogP contribution in [0.15, 0.2) is 36.5 Å². The molecule has 9 heteroatoms. The molecule has 0 spiro atoms. The normalized spacial score (nSPS) is 11.4. The van der Waals surface area contributed by atoms with Crippen LogP contribution in [0.2, 0.25) is 0 Å². The molecular formula is C23H30N5O3P. The van der Waals surface area contributed by atoms with Crippen LogP contribution in [0.3, 0.4) is 0 Å². The largest absolute Gasteiger partial charge is 0.494 e. The lowest BCUT2D eigenvalue weighted by molar-refractivity contribution is 0.0988. The predicted octanol–water partition coefficient (Wildman–Crippen LogP) is 4.44. The topological polar surface area (TPSA) is 112 Å². The highest BCUT2D eigenvalue weighted by molar-refractivity contribution is 7.71. The van der Waals surface area contributed by atoms with Crippen molar-refractivity contribution in [3.05, 3.63) is 42.1 Å². The van der Waals surface area contributed by atoms with Crippen molar-refractivity contribution in [2.75, 3.05) is 30.5 Å². The van der Waals surface area contributed by atoms with Crippen LogP contribution in [-0.2, 0) is 11.6 Å². The smallest absolute Gasteiger partial charge is 0.166 e. The number of aryl methyl sites for hydroxylation is 1. The number of nitrogens with one attached hydrogen (secondary N) is 1. The van der Waals surface area contributed by atoms with Crippen LogP contribution in [0.5, 0.6) is 5.75 Å². The quantitative estimate of drug-likeness (QED) is 0.362. The van der Waals surface area contributed by atoms with Gasteiger partial charge in [0.25, 0.3) is 0 Å². The van der Waals surface area contributed by atoms with Crippen LogP contribution in [0.25, 0.3) is 11.3 Å². The second kappa shape index (κ2) is 9.57. The zero-order chi connectivity index (χ0) is 23.5. The fourth-order valence-electron chi connectivity index (χ4n) is 3.71. The van der Waals surface area contributed by atoms with Crippen molar-refractivity contribution in [1.82, 2.24) is 14.8 Å². The minimum Gasteiger partial charge on any atom is -0.494 e. The van der Waals surface area contributed by atoms with E-state index in [-0.39, 0.29) is 5.78 Å². The highest BCUT2D eigenvalue weighted by Gasteiger charge is 2.26. The molecule has 0 atom stereocenters. The van der Waals surface area contributed by atoms with Gasteiger partial charge in [-0.1, -0.05) is 26.8 Å². The number of ketones is 1. The van der Waals surface area contributed by atoms with Crippen LogP contribution in [0, 0.1) is 0 Å². The highest BCUT2D eigenvalue weighted by atomic mass is 31.2. The lowest BCUT2D eigenvalue weighted by Gasteiger charge is -2.16. The van der Waals surface area contributed by atoms with Crippen LogP contribution in [0.1, 0.15) is 37.6 Å². The van der Waals surface area contributed by atoms with Crippen LogP contribution in [-0.4, -0.2) is 40.0 Å². The average Bonchev–Trinajstić information content (AvgIpc) is 3.20. The van der Waals surface area contributed by atoms with Gasteiger partial charge in [-0.05, 0) is 18.2 Å². The predicted molar refractivity (Wildman–Crippen MR) is 130 cm³/mol. The Bertz CT molecular complexity index is 1180. The number of aromatic nitrogens is 3. The second-order valence-electron chi connectivity index (χ2n) is 7.48. The number of carbonyl (C=O) groups excluding carboxylic acids is 1. The first-order chi connectivity index (χ1) is 15.3. The number of anilines is 3. The van der Waals surface area contributed by atoms with E-state index in [0.29, 0.717) is 52.9 Å². The van der Waals surface area contributed by atoms with E-state index in [1.54, 1.807) is 24.8 Å². The monoisotopic (exact) mass is 455 g/mol. The first kappa shape index (κ1) is 23.5. The molecule has 0 aliphatic heterocycles. The van der Waals surface area contributed by atoms with Crippen molar-refractivity contribution in [3.8, 4) is 17.0 Å². The highest BCUT2D eigenvalue weighted by Crippen LogP contribution is 2.45. The van der Waals surface area contributed by atoms with E-state index in [0.717, 1.165) is 11.0 Å². The Labute approximate surface area is 188 Å². The molecule has 0 saturated heterocycles. The third-order valence-corrected chi connectivity index (χ3v) is 8.90. The van der Waals surface area contributed by atoms with Gasteiger partial charge in [0.15, 0.2) is 11.5 Å². The van der Waals surface area contributed by atoms with Crippen LogP contribution >= 0.6 is 7.14 Å². The van der Waals surface area contributed by atoms with Crippen molar-refractivity contribution < 1.29 is 14.1 Å². The molecule has 8 nitrogen and oxygen atoms in total. The van der Waals surface area contributed by atoms with Gasteiger partial charge < -0.3 is 20.4 Å². The van der Waals surface area contributed by atoms with E-state index in [4.69, 9.17) is 10.5 Å². The van der Waals surface area contributed by atoms with Gasteiger partial charge in [-0.25, -0.2) is 4.98 Å². The Morgan fingerprint density at radius 1 is 1.19 bits per heavy atom. The molecule has 0 radical (unpaired) electrons. The number of nitrogens with zero attached hydrogens (tertiary/aromatic N) is 3. The lowest BCUT2D eigenvalue weighted by Crippen LogP contribution is -2.17. The number of methoxy groups -OCH3 is 1. The maximum atomic E-state index is 13.3. The van der Waals surface area contributed by atoms with Gasteiger partial charge in [-0.3, -0.25) is 9.48 Å². The summed E-state index contributed by atoms with van der Waals surface area (Å²) in [6.45, 7) is 5.68. The Morgan fingerprint density at radius 2 is 1.91 bits per heavy atom. The number of ether oxygens (including phenoxy) is 1. The molecule has 2 heterocycles. The van der Waals surface area contributed by atoms with Crippen molar-refractivity contribution in [2.45, 2.75) is 27.2 Å². The molecule has 0 aliphatic carbocycles. The molecule has 0 fully saturated rings. The second-order valence-corrected chi connectivity index (χ2v) is 11.0. The maximum absolute atomic E-state index is 13.3. The van der Waals surface area contributed by atoms with Gasteiger partial charge in [0.1, 0.15) is 13.0 Å². The van der Waals surface area contributed by atoms with Gasteiger partial charge >= 0.3 is 0 Å². The Morgan fingerprint density at radius 3 is 2.53 bits per heavy atom. The zero-order valence-electron chi connectivity index (χ0n) is 19.2. The number of nitrogens with two attached hydrogens (primary N) is 1. The molecule has 0 aliphatic rings. The van der Waals surface area contributed by atoms with Crippen molar-refractivity contribution in [3.63, 3.8) is 0 Å². The summed E-state index contributed by atoms with van der Waals surface area (Å²) in [7, 11) is 0.891. The van der Waals surface area contributed by atoms with E-state index in [2.05, 4.69) is 15.4 Å². The Hall–Kier alpha value is -3.12. The van der Waals surface area contributed by atoms with E-state index in [1.807, 2.05) is 45.2 Å². The van der Waals surface area contributed by atoms with Gasteiger partial charge in [0, 0.05) is 43.6 Å². The first-order valence-electron chi connectivity index (χ1n) is 10.6. The molecule has 0 bridgehead atoms. The average molecular weight is 455 g/mol.